The third-order valence-electron chi connectivity index (χ3n) is 2.22. The summed E-state index contributed by atoms with van der Waals surface area (Å²) in [5, 5.41) is 2.73. The van der Waals surface area contributed by atoms with Gasteiger partial charge in [0.25, 0.3) is 0 Å². The van der Waals surface area contributed by atoms with Crippen molar-refractivity contribution in [2.75, 3.05) is 6.54 Å². The van der Waals surface area contributed by atoms with Crippen LogP contribution in [0.25, 0.3) is 0 Å². The van der Waals surface area contributed by atoms with E-state index >= 15 is 0 Å². The van der Waals surface area contributed by atoms with Crippen molar-refractivity contribution in [2.45, 2.75) is 19.4 Å². The van der Waals surface area contributed by atoms with E-state index in [0.717, 1.165) is 18.6 Å². The van der Waals surface area contributed by atoms with E-state index in [1.807, 2.05) is 6.92 Å². The lowest BCUT2D eigenvalue weighted by Crippen LogP contribution is -2.34. The molecule has 0 saturated heterocycles. The fraction of sp³-hybridized carbons (Fsp3) is 0.364. The van der Waals surface area contributed by atoms with Crippen LogP contribution in [0.15, 0.2) is 12.1 Å². The second-order valence-electron chi connectivity index (χ2n) is 3.59. The molecule has 0 spiro atoms. The topological polar surface area (TPSA) is 55.1 Å². The van der Waals surface area contributed by atoms with Crippen LogP contribution in [0.3, 0.4) is 0 Å². The van der Waals surface area contributed by atoms with Crippen molar-refractivity contribution in [3.8, 4) is 0 Å². The standard InChI is InChI=1S/C11H13F3N2O/c1-2-3-16-10(11(15)17)6-4-7(12)9(14)8(13)5-6/h4-5,10,16H,2-3H2,1H3,(H2,15,17). The Labute approximate surface area is 96.8 Å². The molecule has 1 amide bonds. The molecule has 1 unspecified atom stereocenters. The van der Waals surface area contributed by atoms with E-state index in [2.05, 4.69) is 5.32 Å². The minimum Gasteiger partial charge on any atom is -0.368 e. The second kappa shape index (κ2) is 5.67. The Morgan fingerprint density at radius 2 is 1.88 bits per heavy atom. The molecule has 0 aliphatic rings. The maximum Gasteiger partial charge on any atom is 0.239 e. The van der Waals surface area contributed by atoms with E-state index < -0.39 is 29.4 Å². The van der Waals surface area contributed by atoms with Gasteiger partial charge in [-0.25, -0.2) is 13.2 Å². The summed E-state index contributed by atoms with van der Waals surface area (Å²) in [7, 11) is 0. The maximum absolute atomic E-state index is 13.0. The van der Waals surface area contributed by atoms with Crippen molar-refractivity contribution < 1.29 is 18.0 Å². The van der Waals surface area contributed by atoms with E-state index in [1.165, 1.54) is 0 Å². The molecule has 0 aliphatic carbocycles. The number of nitrogens with two attached hydrogens (primary N) is 1. The van der Waals surface area contributed by atoms with Crippen LogP contribution in [0.2, 0.25) is 0 Å². The summed E-state index contributed by atoms with van der Waals surface area (Å²) in [4.78, 5) is 11.1. The lowest BCUT2D eigenvalue weighted by atomic mass is 10.1. The molecule has 6 heteroatoms. The summed E-state index contributed by atoms with van der Waals surface area (Å²) in [6.45, 7) is 2.31. The molecule has 17 heavy (non-hydrogen) atoms. The van der Waals surface area contributed by atoms with Crippen LogP contribution < -0.4 is 11.1 Å². The molecule has 0 fully saturated rings. The number of nitrogens with one attached hydrogen (secondary N) is 1. The summed E-state index contributed by atoms with van der Waals surface area (Å²) in [6, 6.07) is 0.493. The van der Waals surface area contributed by atoms with Gasteiger partial charge in [-0.15, -0.1) is 0 Å². The van der Waals surface area contributed by atoms with Gasteiger partial charge in [-0.2, -0.15) is 0 Å². The Morgan fingerprint density at radius 3 is 2.29 bits per heavy atom. The molecule has 1 atom stereocenters. The Morgan fingerprint density at radius 1 is 1.35 bits per heavy atom. The average Bonchev–Trinajstić information content (AvgIpc) is 2.25. The highest BCUT2D eigenvalue weighted by atomic mass is 19.2. The van der Waals surface area contributed by atoms with Gasteiger partial charge in [-0.1, -0.05) is 6.92 Å². The van der Waals surface area contributed by atoms with Crippen LogP contribution >= 0.6 is 0 Å². The van der Waals surface area contributed by atoms with Crippen molar-refractivity contribution in [3.63, 3.8) is 0 Å². The van der Waals surface area contributed by atoms with Gasteiger partial charge in [0.2, 0.25) is 5.91 Å². The molecule has 0 saturated carbocycles. The first-order valence-electron chi connectivity index (χ1n) is 5.14. The Hall–Kier alpha value is -1.56. The van der Waals surface area contributed by atoms with Gasteiger partial charge in [0.1, 0.15) is 6.04 Å². The van der Waals surface area contributed by atoms with E-state index in [0.29, 0.717) is 6.54 Å². The van der Waals surface area contributed by atoms with Gasteiger partial charge >= 0.3 is 0 Å². The Bertz CT molecular complexity index is 400. The fourth-order valence-corrected chi connectivity index (χ4v) is 1.41. The zero-order chi connectivity index (χ0) is 13.0. The van der Waals surface area contributed by atoms with Crippen LogP contribution in [-0.2, 0) is 4.79 Å². The number of carbonyl (C=O) groups is 1. The predicted molar refractivity (Wildman–Crippen MR) is 56.5 cm³/mol. The predicted octanol–water partition coefficient (Wildman–Crippen LogP) is 1.63. The average molecular weight is 246 g/mol. The molecule has 1 rings (SSSR count). The maximum atomic E-state index is 13.0. The monoisotopic (exact) mass is 246 g/mol. The number of rotatable bonds is 5. The van der Waals surface area contributed by atoms with Crippen LogP contribution in [0.4, 0.5) is 13.2 Å². The molecule has 1 aromatic carbocycles. The minimum atomic E-state index is -1.56. The van der Waals surface area contributed by atoms with Gasteiger partial charge in [0.15, 0.2) is 17.5 Å². The zero-order valence-corrected chi connectivity index (χ0v) is 9.27. The van der Waals surface area contributed by atoms with Crippen molar-refractivity contribution >= 4 is 5.91 Å². The first kappa shape index (κ1) is 13.5. The molecule has 3 nitrogen and oxygen atoms in total. The Balaban J connectivity index is 3.06. The number of benzene rings is 1. The molecule has 1 aromatic rings. The zero-order valence-electron chi connectivity index (χ0n) is 9.27. The number of halogens is 3. The van der Waals surface area contributed by atoms with Crippen molar-refractivity contribution in [1.29, 1.82) is 0 Å². The third kappa shape index (κ3) is 3.20. The highest BCUT2D eigenvalue weighted by Gasteiger charge is 2.20. The third-order valence-corrected chi connectivity index (χ3v) is 2.22. The smallest absolute Gasteiger partial charge is 0.239 e. The largest absolute Gasteiger partial charge is 0.368 e. The number of carbonyl (C=O) groups excluding carboxylic acids is 1. The summed E-state index contributed by atoms with van der Waals surface area (Å²) < 4.78 is 38.7. The molecule has 0 radical (unpaired) electrons. The first-order chi connectivity index (χ1) is 7.97. The molecule has 0 aliphatic heterocycles. The highest BCUT2D eigenvalue weighted by Crippen LogP contribution is 2.19. The van der Waals surface area contributed by atoms with Gasteiger partial charge in [-0.3, -0.25) is 4.79 Å². The minimum absolute atomic E-state index is 0.0256. The van der Waals surface area contributed by atoms with Crippen molar-refractivity contribution in [3.05, 3.63) is 35.1 Å². The molecule has 3 N–H and O–H groups in total. The number of primary amides is 1. The van der Waals surface area contributed by atoms with E-state index in [-0.39, 0.29) is 5.56 Å². The lowest BCUT2D eigenvalue weighted by molar-refractivity contribution is -0.120. The van der Waals surface area contributed by atoms with Crippen LogP contribution in [0.1, 0.15) is 24.9 Å². The number of amides is 1. The van der Waals surface area contributed by atoms with E-state index in [1.54, 1.807) is 0 Å². The molecular weight excluding hydrogens is 233 g/mol. The SMILES string of the molecule is CCCNC(C(N)=O)c1cc(F)c(F)c(F)c1. The highest BCUT2D eigenvalue weighted by molar-refractivity contribution is 5.81. The molecule has 0 heterocycles. The number of hydrogen-bond donors (Lipinski definition) is 2. The van der Waals surface area contributed by atoms with Gasteiger partial charge in [-0.05, 0) is 30.7 Å². The van der Waals surface area contributed by atoms with Gasteiger partial charge in [0, 0.05) is 0 Å². The van der Waals surface area contributed by atoms with Gasteiger partial charge in [0.05, 0.1) is 0 Å². The lowest BCUT2D eigenvalue weighted by Gasteiger charge is -2.15. The number of hydrogen-bond acceptors (Lipinski definition) is 2. The summed E-state index contributed by atoms with van der Waals surface area (Å²) >= 11 is 0. The van der Waals surface area contributed by atoms with Crippen molar-refractivity contribution in [2.24, 2.45) is 5.73 Å². The van der Waals surface area contributed by atoms with Crippen LogP contribution in [0, 0.1) is 17.5 Å². The quantitative estimate of drug-likeness (QED) is 0.776. The van der Waals surface area contributed by atoms with Crippen LogP contribution in [-0.4, -0.2) is 12.5 Å². The molecular formula is C11H13F3N2O. The Kier molecular flexibility index (Phi) is 4.51. The summed E-state index contributed by atoms with van der Waals surface area (Å²) in [5.41, 5.74) is 5.08. The summed E-state index contributed by atoms with van der Waals surface area (Å²) in [5.74, 6) is -5.02. The first-order valence-corrected chi connectivity index (χ1v) is 5.14. The van der Waals surface area contributed by atoms with E-state index in [9.17, 15) is 18.0 Å². The van der Waals surface area contributed by atoms with Crippen molar-refractivity contribution in [1.82, 2.24) is 5.32 Å². The fourth-order valence-electron chi connectivity index (χ4n) is 1.41. The second-order valence-corrected chi connectivity index (χ2v) is 3.59. The van der Waals surface area contributed by atoms with Gasteiger partial charge < -0.3 is 11.1 Å². The van der Waals surface area contributed by atoms with E-state index in [4.69, 9.17) is 5.73 Å². The van der Waals surface area contributed by atoms with Crippen LogP contribution in [0.5, 0.6) is 0 Å². The normalized spacial score (nSPS) is 12.5. The molecule has 94 valence electrons. The molecule has 0 bridgehead atoms. The molecule has 0 aromatic heterocycles. The summed E-state index contributed by atoms with van der Waals surface area (Å²) in [6.07, 6.45) is 0.718.